The topological polar surface area (TPSA) is 40.5 Å². The van der Waals surface area contributed by atoms with Crippen LogP contribution in [0.5, 0.6) is 0 Å². The Morgan fingerprint density at radius 3 is 2.45 bits per heavy atom. The Balaban J connectivity index is 2.14. The first kappa shape index (κ1) is 14.8. The van der Waals surface area contributed by atoms with Gasteiger partial charge in [-0.25, -0.2) is 0 Å². The van der Waals surface area contributed by atoms with Gasteiger partial charge in [-0.2, -0.15) is 0 Å². The maximum atomic E-state index is 11.5. The normalized spacial score (nSPS) is 19.5. The maximum absolute atomic E-state index is 11.5. The smallest absolute Gasteiger partial charge is 0.320 e. The third-order valence-electron chi connectivity index (χ3n) is 4.66. The summed E-state index contributed by atoms with van der Waals surface area (Å²) in [4.78, 5) is 13.6. The van der Waals surface area contributed by atoms with E-state index < -0.39 is 12.0 Å². The second-order valence-electron chi connectivity index (χ2n) is 5.96. The SMILES string of the molecule is Cc1ccccc1[C@@H]1c2ccccc2CCN1[C@@H](C)C(=O)O. The Labute approximate surface area is 131 Å². The van der Waals surface area contributed by atoms with E-state index in [0.29, 0.717) is 0 Å². The first-order valence-corrected chi connectivity index (χ1v) is 7.71. The molecule has 3 rings (SSSR count). The van der Waals surface area contributed by atoms with Crippen LogP contribution >= 0.6 is 0 Å². The first-order chi connectivity index (χ1) is 10.6. The summed E-state index contributed by atoms with van der Waals surface area (Å²) < 4.78 is 0. The number of fused-ring (bicyclic) bond motifs is 1. The highest BCUT2D eigenvalue weighted by Gasteiger charge is 2.34. The monoisotopic (exact) mass is 295 g/mol. The minimum absolute atomic E-state index is 0.0113. The highest BCUT2D eigenvalue weighted by atomic mass is 16.4. The lowest BCUT2D eigenvalue weighted by atomic mass is 9.85. The molecule has 1 aliphatic heterocycles. The van der Waals surface area contributed by atoms with Crippen molar-refractivity contribution in [3.05, 3.63) is 70.8 Å². The van der Waals surface area contributed by atoms with Crippen LogP contribution < -0.4 is 0 Å². The lowest BCUT2D eigenvalue weighted by Crippen LogP contribution is -2.45. The molecule has 0 amide bonds. The Kier molecular flexibility index (Phi) is 3.99. The number of hydrogen-bond acceptors (Lipinski definition) is 2. The van der Waals surface area contributed by atoms with Gasteiger partial charge in [-0.1, -0.05) is 48.5 Å². The van der Waals surface area contributed by atoms with Crippen molar-refractivity contribution in [2.75, 3.05) is 6.54 Å². The van der Waals surface area contributed by atoms with Crippen molar-refractivity contribution in [1.82, 2.24) is 4.90 Å². The fourth-order valence-corrected chi connectivity index (χ4v) is 3.38. The summed E-state index contributed by atoms with van der Waals surface area (Å²) in [6.45, 7) is 4.64. The molecule has 0 unspecified atom stereocenters. The number of hydrogen-bond donors (Lipinski definition) is 1. The number of rotatable bonds is 3. The number of carboxylic acid groups (broad SMARTS) is 1. The zero-order valence-corrected chi connectivity index (χ0v) is 13.0. The molecular weight excluding hydrogens is 274 g/mol. The van der Waals surface area contributed by atoms with Gasteiger partial charge in [0.25, 0.3) is 0 Å². The second-order valence-corrected chi connectivity index (χ2v) is 5.96. The quantitative estimate of drug-likeness (QED) is 0.943. The zero-order valence-electron chi connectivity index (χ0n) is 13.0. The standard InChI is InChI=1S/C19H21NO2/c1-13-7-3-5-9-16(13)18-17-10-6-4-8-15(17)11-12-20(18)14(2)19(21)22/h3-10,14,18H,11-12H2,1-2H3,(H,21,22)/t14-,18+/m0/s1. The van der Waals surface area contributed by atoms with E-state index in [1.54, 1.807) is 6.92 Å². The van der Waals surface area contributed by atoms with Crippen molar-refractivity contribution in [2.45, 2.75) is 32.4 Å². The summed E-state index contributed by atoms with van der Waals surface area (Å²) in [6, 6.07) is 16.2. The van der Waals surface area contributed by atoms with Gasteiger partial charge in [0.2, 0.25) is 0 Å². The van der Waals surface area contributed by atoms with Crippen LogP contribution in [0.4, 0.5) is 0 Å². The molecule has 0 saturated carbocycles. The molecule has 3 nitrogen and oxygen atoms in total. The molecule has 1 aliphatic rings. The van der Waals surface area contributed by atoms with Crippen molar-refractivity contribution >= 4 is 5.97 Å². The second kappa shape index (κ2) is 5.93. The average molecular weight is 295 g/mol. The van der Waals surface area contributed by atoms with Crippen LogP contribution in [0, 0.1) is 6.92 Å². The molecule has 0 aliphatic carbocycles. The van der Waals surface area contributed by atoms with Gasteiger partial charge < -0.3 is 5.11 Å². The Morgan fingerprint density at radius 1 is 1.14 bits per heavy atom. The molecule has 0 fully saturated rings. The van der Waals surface area contributed by atoms with Crippen molar-refractivity contribution < 1.29 is 9.90 Å². The minimum atomic E-state index is -0.766. The zero-order chi connectivity index (χ0) is 15.7. The third-order valence-corrected chi connectivity index (χ3v) is 4.66. The molecule has 3 heteroatoms. The van der Waals surface area contributed by atoms with E-state index in [1.165, 1.54) is 22.3 Å². The van der Waals surface area contributed by atoms with Gasteiger partial charge in [0.15, 0.2) is 0 Å². The largest absolute Gasteiger partial charge is 0.480 e. The van der Waals surface area contributed by atoms with E-state index in [-0.39, 0.29) is 6.04 Å². The summed E-state index contributed by atoms with van der Waals surface area (Å²) in [5.74, 6) is -0.766. The van der Waals surface area contributed by atoms with Gasteiger partial charge in [0, 0.05) is 6.54 Å². The number of carbonyl (C=O) groups is 1. The molecule has 0 saturated heterocycles. The fraction of sp³-hybridized carbons (Fsp3) is 0.316. The van der Waals surface area contributed by atoms with Crippen LogP contribution in [-0.2, 0) is 11.2 Å². The summed E-state index contributed by atoms with van der Waals surface area (Å²) in [6.07, 6.45) is 0.899. The van der Waals surface area contributed by atoms with E-state index in [2.05, 4.69) is 42.2 Å². The van der Waals surface area contributed by atoms with Crippen molar-refractivity contribution in [3.8, 4) is 0 Å². The molecule has 0 spiro atoms. The van der Waals surface area contributed by atoms with Crippen molar-refractivity contribution in [2.24, 2.45) is 0 Å². The Hall–Kier alpha value is -2.13. The Bertz CT molecular complexity index is 695. The van der Waals surface area contributed by atoms with Gasteiger partial charge >= 0.3 is 5.97 Å². The number of aliphatic carboxylic acids is 1. The number of aryl methyl sites for hydroxylation is 1. The highest BCUT2D eigenvalue weighted by molar-refractivity contribution is 5.73. The molecule has 114 valence electrons. The molecular formula is C19H21NO2. The first-order valence-electron chi connectivity index (χ1n) is 7.71. The molecule has 2 atom stereocenters. The van der Waals surface area contributed by atoms with Crippen LogP contribution in [0.3, 0.4) is 0 Å². The lowest BCUT2D eigenvalue weighted by Gasteiger charge is -2.40. The van der Waals surface area contributed by atoms with Crippen LogP contribution in [0.1, 0.15) is 35.2 Å². The predicted octanol–water partition coefficient (Wildman–Crippen LogP) is 3.42. The van der Waals surface area contributed by atoms with Crippen molar-refractivity contribution in [1.29, 1.82) is 0 Å². The molecule has 0 aromatic heterocycles. The van der Waals surface area contributed by atoms with E-state index in [4.69, 9.17) is 0 Å². The number of benzene rings is 2. The maximum Gasteiger partial charge on any atom is 0.320 e. The van der Waals surface area contributed by atoms with Crippen molar-refractivity contribution in [3.63, 3.8) is 0 Å². The number of nitrogens with zero attached hydrogens (tertiary/aromatic N) is 1. The molecule has 1 N–H and O–H groups in total. The van der Waals surface area contributed by atoms with Crippen LogP contribution in [0.15, 0.2) is 48.5 Å². The van der Waals surface area contributed by atoms with Gasteiger partial charge in [0.05, 0.1) is 6.04 Å². The summed E-state index contributed by atoms with van der Waals surface area (Å²) in [5.41, 5.74) is 4.95. The van der Waals surface area contributed by atoms with E-state index in [1.807, 2.05) is 18.2 Å². The summed E-state index contributed by atoms with van der Waals surface area (Å²) >= 11 is 0. The van der Waals surface area contributed by atoms with E-state index in [9.17, 15) is 9.90 Å². The van der Waals surface area contributed by atoms with Gasteiger partial charge in [-0.15, -0.1) is 0 Å². The Morgan fingerprint density at radius 2 is 1.77 bits per heavy atom. The highest BCUT2D eigenvalue weighted by Crippen LogP contribution is 2.37. The third kappa shape index (κ3) is 2.53. The van der Waals surface area contributed by atoms with Gasteiger partial charge in [-0.3, -0.25) is 9.69 Å². The molecule has 2 aromatic carbocycles. The van der Waals surface area contributed by atoms with E-state index >= 15 is 0 Å². The summed E-state index contributed by atoms with van der Waals surface area (Å²) in [5, 5.41) is 9.47. The summed E-state index contributed by atoms with van der Waals surface area (Å²) in [7, 11) is 0. The predicted molar refractivity (Wildman–Crippen MR) is 87.0 cm³/mol. The van der Waals surface area contributed by atoms with E-state index in [0.717, 1.165) is 13.0 Å². The number of carboxylic acids is 1. The molecule has 2 aromatic rings. The molecule has 0 bridgehead atoms. The van der Waals surface area contributed by atoms with Gasteiger partial charge in [-0.05, 0) is 42.5 Å². The average Bonchev–Trinajstić information content (AvgIpc) is 2.53. The van der Waals surface area contributed by atoms with Gasteiger partial charge in [0.1, 0.15) is 6.04 Å². The molecule has 22 heavy (non-hydrogen) atoms. The van der Waals surface area contributed by atoms with Crippen LogP contribution in [0.25, 0.3) is 0 Å². The van der Waals surface area contributed by atoms with Crippen LogP contribution in [-0.4, -0.2) is 28.6 Å². The lowest BCUT2D eigenvalue weighted by molar-refractivity contribution is -0.143. The molecule has 1 heterocycles. The van der Waals surface area contributed by atoms with Crippen LogP contribution in [0.2, 0.25) is 0 Å². The minimum Gasteiger partial charge on any atom is -0.480 e. The molecule has 0 radical (unpaired) electrons. The fourth-order valence-electron chi connectivity index (χ4n) is 3.38.